The standard InChI is InChI=1S/C16H21N3O/c1-3-12-5-4-6-13-11-14(16(20)17-15(12)13)19-9-7-18(2)8-10-19/h4-6,11H,3,7-10H2,1-2H3,(H,17,20). The molecule has 0 radical (unpaired) electrons. The number of nitrogens with zero attached hydrogens (tertiary/aromatic N) is 2. The van der Waals surface area contributed by atoms with Gasteiger partial charge in [-0.05, 0) is 25.1 Å². The third-order valence-corrected chi connectivity index (χ3v) is 4.17. The van der Waals surface area contributed by atoms with Crippen LogP contribution in [0.3, 0.4) is 0 Å². The minimum atomic E-state index is 0.0305. The maximum atomic E-state index is 12.4. The van der Waals surface area contributed by atoms with E-state index in [1.807, 2.05) is 6.07 Å². The van der Waals surface area contributed by atoms with Crippen molar-refractivity contribution < 1.29 is 0 Å². The molecule has 1 aliphatic heterocycles. The van der Waals surface area contributed by atoms with E-state index >= 15 is 0 Å². The van der Waals surface area contributed by atoms with E-state index < -0.39 is 0 Å². The fourth-order valence-electron chi connectivity index (χ4n) is 2.86. The molecule has 1 aliphatic rings. The molecule has 0 spiro atoms. The van der Waals surface area contributed by atoms with Crippen molar-refractivity contribution in [1.29, 1.82) is 0 Å². The molecule has 0 bridgehead atoms. The zero-order valence-corrected chi connectivity index (χ0v) is 12.1. The number of anilines is 1. The first-order chi connectivity index (χ1) is 9.69. The molecule has 0 atom stereocenters. The van der Waals surface area contributed by atoms with E-state index in [1.54, 1.807) is 0 Å². The highest BCUT2D eigenvalue weighted by atomic mass is 16.1. The Morgan fingerprint density at radius 3 is 2.65 bits per heavy atom. The molecule has 106 valence electrons. The van der Waals surface area contributed by atoms with Crippen LogP contribution in [0.25, 0.3) is 10.9 Å². The number of fused-ring (bicyclic) bond motifs is 1. The average molecular weight is 271 g/mol. The zero-order chi connectivity index (χ0) is 14.1. The van der Waals surface area contributed by atoms with Crippen molar-refractivity contribution in [3.63, 3.8) is 0 Å². The first-order valence-electron chi connectivity index (χ1n) is 7.27. The van der Waals surface area contributed by atoms with Crippen LogP contribution in [0.5, 0.6) is 0 Å². The quantitative estimate of drug-likeness (QED) is 0.906. The lowest BCUT2D eigenvalue weighted by Gasteiger charge is -2.33. The summed E-state index contributed by atoms with van der Waals surface area (Å²) in [5, 5.41) is 1.12. The largest absolute Gasteiger partial charge is 0.365 e. The summed E-state index contributed by atoms with van der Waals surface area (Å²) in [5.41, 5.74) is 3.02. The molecule has 2 heterocycles. The Labute approximate surface area is 119 Å². The van der Waals surface area contributed by atoms with E-state index in [0.29, 0.717) is 0 Å². The number of H-pyrrole nitrogens is 1. The van der Waals surface area contributed by atoms with Gasteiger partial charge in [0, 0.05) is 31.6 Å². The van der Waals surface area contributed by atoms with Gasteiger partial charge in [0.15, 0.2) is 0 Å². The SMILES string of the molecule is CCc1cccc2cc(N3CCN(C)CC3)c(=O)[nH]c12. The average Bonchev–Trinajstić information content (AvgIpc) is 2.47. The number of aromatic amines is 1. The normalized spacial score (nSPS) is 16.8. The number of hydrogen-bond donors (Lipinski definition) is 1. The summed E-state index contributed by atoms with van der Waals surface area (Å²) in [6.07, 6.45) is 0.932. The predicted octanol–water partition coefficient (Wildman–Crippen LogP) is 1.84. The van der Waals surface area contributed by atoms with Crippen molar-refractivity contribution in [3.8, 4) is 0 Å². The number of benzene rings is 1. The molecule has 20 heavy (non-hydrogen) atoms. The number of hydrogen-bond acceptors (Lipinski definition) is 3. The van der Waals surface area contributed by atoms with Crippen LogP contribution in [0, 0.1) is 0 Å². The summed E-state index contributed by atoms with van der Waals surface area (Å²) < 4.78 is 0. The van der Waals surface area contributed by atoms with E-state index in [4.69, 9.17) is 0 Å². The van der Waals surface area contributed by atoms with Crippen molar-refractivity contribution in [3.05, 3.63) is 40.2 Å². The summed E-state index contributed by atoms with van der Waals surface area (Å²) in [5.74, 6) is 0. The molecule has 1 N–H and O–H groups in total. The lowest BCUT2D eigenvalue weighted by atomic mass is 10.1. The van der Waals surface area contributed by atoms with Gasteiger partial charge in [0.1, 0.15) is 5.69 Å². The van der Waals surface area contributed by atoms with Crippen molar-refractivity contribution in [2.24, 2.45) is 0 Å². The monoisotopic (exact) mass is 271 g/mol. The van der Waals surface area contributed by atoms with E-state index in [-0.39, 0.29) is 5.56 Å². The Balaban J connectivity index is 2.05. The molecule has 1 aromatic heterocycles. The third-order valence-electron chi connectivity index (χ3n) is 4.17. The number of para-hydroxylation sites is 1. The Kier molecular flexibility index (Phi) is 3.49. The molecule has 2 aromatic rings. The lowest BCUT2D eigenvalue weighted by molar-refractivity contribution is 0.312. The maximum absolute atomic E-state index is 12.4. The second-order valence-electron chi connectivity index (χ2n) is 5.51. The summed E-state index contributed by atoms with van der Waals surface area (Å²) in [7, 11) is 2.12. The molecule has 1 fully saturated rings. The zero-order valence-electron chi connectivity index (χ0n) is 12.1. The van der Waals surface area contributed by atoms with Gasteiger partial charge in [-0.1, -0.05) is 25.1 Å². The Morgan fingerprint density at radius 1 is 1.20 bits per heavy atom. The Morgan fingerprint density at radius 2 is 1.95 bits per heavy atom. The fourth-order valence-corrected chi connectivity index (χ4v) is 2.86. The number of pyridine rings is 1. The van der Waals surface area contributed by atoms with Gasteiger partial charge in [0.25, 0.3) is 5.56 Å². The Hall–Kier alpha value is -1.81. The lowest BCUT2D eigenvalue weighted by Crippen LogP contribution is -2.46. The second kappa shape index (κ2) is 5.29. The van der Waals surface area contributed by atoms with E-state index in [1.165, 1.54) is 5.56 Å². The van der Waals surface area contributed by atoms with Crippen LogP contribution in [0.1, 0.15) is 12.5 Å². The minimum Gasteiger partial charge on any atom is -0.365 e. The molecule has 1 saturated heterocycles. The number of rotatable bonds is 2. The first-order valence-corrected chi connectivity index (χ1v) is 7.27. The molecule has 0 amide bonds. The molecular formula is C16H21N3O. The van der Waals surface area contributed by atoms with Gasteiger partial charge in [0.05, 0.1) is 5.52 Å². The number of piperazine rings is 1. The number of likely N-dealkylation sites (N-methyl/N-ethyl adjacent to an activating group) is 1. The summed E-state index contributed by atoms with van der Waals surface area (Å²) in [6, 6.07) is 8.25. The number of aryl methyl sites for hydroxylation is 1. The van der Waals surface area contributed by atoms with Crippen LogP contribution in [-0.4, -0.2) is 43.1 Å². The van der Waals surface area contributed by atoms with Gasteiger partial charge in [-0.15, -0.1) is 0 Å². The van der Waals surface area contributed by atoms with Crippen LogP contribution in [-0.2, 0) is 6.42 Å². The molecule has 3 rings (SSSR count). The van der Waals surface area contributed by atoms with E-state index in [9.17, 15) is 4.79 Å². The highest BCUT2D eigenvalue weighted by Crippen LogP contribution is 2.20. The smallest absolute Gasteiger partial charge is 0.271 e. The summed E-state index contributed by atoms with van der Waals surface area (Å²) in [4.78, 5) is 19.9. The van der Waals surface area contributed by atoms with Crippen molar-refractivity contribution in [1.82, 2.24) is 9.88 Å². The van der Waals surface area contributed by atoms with E-state index in [0.717, 1.165) is 49.2 Å². The third kappa shape index (κ3) is 2.31. The maximum Gasteiger partial charge on any atom is 0.271 e. The topological polar surface area (TPSA) is 39.3 Å². The highest BCUT2D eigenvalue weighted by Gasteiger charge is 2.17. The molecule has 4 heteroatoms. The van der Waals surface area contributed by atoms with Crippen LogP contribution >= 0.6 is 0 Å². The summed E-state index contributed by atoms with van der Waals surface area (Å²) in [6.45, 7) is 5.96. The molecule has 1 aromatic carbocycles. The Bertz CT molecular complexity index is 669. The van der Waals surface area contributed by atoms with Crippen LogP contribution in [0.4, 0.5) is 5.69 Å². The molecule has 0 saturated carbocycles. The van der Waals surface area contributed by atoms with Crippen molar-refractivity contribution >= 4 is 16.6 Å². The van der Waals surface area contributed by atoms with Gasteiger partial charge < -0.3 is 14.8 Å². The molecule has 0 unspecified atom stereocenters. The van der Waals surface area contributed by atoms with Gasteiger partial charge in [-0.2, -0.15) is 0 Å². The van der Waals surface area contributed by atoms with Crippen LogP contribution in [0.2, 0.25) is 0 Å². The molecule has 0 aliphatic carbocycles. The molecule has 4 nitrogen and oxygen atoms in total. The van der Waals surface area contributed by atoms with Crippen LogP contribution < -0.4 is 10.5 Å². The molecular weight excluding hydrogens is 250 g/mol. The fraction of sp³-hybridized carbons (Fsp3) is 0.438. The van der Waals surface area contributed by atoms with Crippen molar-refractivity contribution in [2.75, 3.05) is 38.1 Å². The number of nitrogens with one attached hydrogen (secondary N) is 1. The second-order valence-corrected chi connectivity index (χ2v) is 5.51. The van der Waals surface area contributed by atoms with E-state index in [2.05, 4.69) is 47.0 Å². The van der Waals surface area contributed by atoms with Gasteiger partial charge in [0.2, 0.25) is 0 Å². The number of aromatic nitrogens is 1. The van der Waals surface area contributed by atoms with Gasteiger partial charge in [-0.3, -0.25) is 4.79 Å². The predicted molar refractivity (Wildman–Crippen MR) is 83.7 cm³/mol. The van der Waals surface area contributed by atoms with Gasteiger partial charge >= 0.3 is 0 Å². The van der Waals surface area contributed by atoms with Crippen molar-refractivity contribution in [2.45, 2.75) is 13.3 Å². The first kappa shape index (κ1) is 13.2. The summed E-state index contributed by atoms with van der Waals surface area (Å²) >= 11 is 0. The highest BCUT2D eigenvalue weighted by molar-refractivity contribution is 5.84. The minimum absolute atomic E-state index is 0.0305. The van der Waals surface area contributed by atoms with Crippen LogP contribution in [0.15, 0.2) is 29.1 Å². The van der Waals surface area contributed by atoms with Gasteiger partial charge in [-0.25, -0.2) is 0 Å².